The van der Waals surface area contributed by atoms with E-state index in [9.17, 15) is 33.2 Å². The van der Waals surface area contributed by atoms with E-state index in [4.69, 9.17) is 0 Å². The molecule has 1 aromatic rings. The number of hydrogen-bond donors (Lipinski definition) is 1. The van der Waals surface area contributed by atoms with Crippen molar-refractivity contribution in [3.05, 3.63) is 68.3 Å². The Morgan fingerprint density at radius 3 is 2.21 bits per heavy atom. The molecule has 0 unspecified atom stereocenters. The number of nitro benzene ring substituents is 2. The zero-order valence-corrected chi connectivity index (χ0v) is 13.3. The molecule has 0 saturated heterocycles. The molecule has 1 aliphatic carbocycles. The molecule has 0 spiro atoms. The average Bonchev–Trinajstić information content (AvgIpc) is 2.48. The first-order valence-electron chi connectivity index (χ1n) is 6.84. The van der Waals surface area contributed by atoms with Crippen LogP contribution in [0.15, 0.2) is 42.5 Å². The summed E-state index contributed by atoms with van der Waals surface area (Å²) in [7, 11) is -4.65. The predicted molar refractivity (Wildman–Crippen MR) is 85.2 cm³/mol. The lowest BCUT2D eigenvalue weighted by atomic mass is 9.90. The van der Waals surface area contributed by atoms with Crippen LogP contribution in [-0.2, 0) is 16.5 Å². The Bertz CT molecular complexity index is 844. The lowest BCUT2D eigenvalue weighted by Crippen LogP contribution is -2.38. The second-order valence-electron chi connectivity index (χ2n) is 5.48. The van der Waals surface area contributed by atoms with Crippen molar-refractivity contribution in [3.8, 4) is 0 Å². The Labute approximate surface area is 137 Å². The van der Waals surface area contributed by atoms with Crippen molar-refractivity contribution < 1.29 is 22.8 Å². The molecule has 10 heteroatoms. The van der Waals surface area contributed by atoms with Gasteiger partial charge in [-0.15, -0.1) is 0 Å². The molecule has 0 heterocycles. The van der Waals surface area contributed by atoms with Gasteiger partial charge in [-0.2, -0.15) is 8.42 Å². The summed E-state index contributed by atoms with van der Waals surface area (Å²) in [5, 5.41) is 22.2. The highest BCUT2D eigenvalue weighted by molar-refractivity contribution is 7.87. The largest absolute Gasteiger partial charge is 0.349 e. The molecule has 2 rings (SSSR count). The minimum absolute atomic E-state index is 0.0695. The first kappa shape index (κ1) is 17.8. The predicted octanol–water partition coefficient (Wildman–Crippen LogP) is 2.43. The number of benzene rings is 1. The summed E-state index contributed by atoms with van der Waals surface area (Å²) < 4.78 is 31.4. The molecule has 24 heavy (non-hydrogen) atoms. The van der Waals surface area contributed by atoms with E-state index in [-0.39, 0.29) is 11.5 Å². The van der Waals surface area contributed by atoms with E-state index in [1.807, 2.05) is 0 Å². The maximum absolute atomic E-state index is 11.9. The lowest BCUT2D eigenvalue weighted by Gasteiger charge is -2.27. The van der Waals surface area contributed by atoms with Gasteiger partial charge in [0.15, 0.2) is 0 Å². The van der Waals surface area contributed by atoms with Gasteiger partial charge in [-0.05, 0) is 5.92 Å². The average molecular weight is 354 g/mol. The van der Waals surface area contributed by atoms with Crippen LogP contribution in [-0.4, -0.2) is 27.6 Å². The smallest absolute Gasteiger partial charge is 0.285 e. The molecule has 1 aliphatic rings. The standard InChI is InChI=1S/C14H14N2O7S/c1-10-5-7-14(8-6-10,24(21,22)23)9-11-3-2-4-12(15(17)18)13(11)16(19)20/h2-8,10H,9H2,1H3,(H,21,22,23). The fourth-order valence-corrected chi connectivity index (χ4v) is 3.35. The van der Waals surface area contributed by atoms with Crippen LogP contribution in [0.1, 0.15) is 12.5 Å². The lowest BCUT2D eigenvalue weighted by molar-refractivity contribution is -0.423. The number of allylic oxidation sites excluding steroid dienone is 2. The highest BCUT2D eigenvalue weighted by atomic mass is 32.2. The van der Waals surface area contributed by atoms with Gasteiger partial charge in [0, 0.05) is 18.1 Å². The van der Waals surface area contributed by atoms with Gasteiger partial charge in [0.1, 0.15) is 4.75 Å². The minimum Gasteiger partial charge on any atom is -0.285 e. The molecular weight excluding hydrogens is 340 g/mol. The van der Waals surface area contributed by atoms with Crippen LogP contribution in [0, 0.1) is 26.1 Å². The number of rotatable bonds is 5. The van der Waals surface area contributed by atoms with Gasteiger partial charge in [-0.1, -0.05) is 43.4 Å². The third kappa shape index (κ3) is 3.19. The van der Waals surface area contributed by atoms with E-state index in [1.54, 1.807) is 6.92 Å². The highest BCUT2D eigenvalue weighted by Crippen LogP contribution is 2.37. The molecular formula is C14H14N2O7S. The van der Waals surface area contributed by atoms with Gasteiger partial charge in [-0.25, -0.2) is 0 Å². The van der Waals surface area contributed by atoms with E-state index in [1.165, 1.54) is 36.4 Å². The van der Waals surface area contributed by atoms with Crippen molar-refractivity contribution in [2.75, 3.05) is 0 Å². The molecule has 0 amide bonds. The molecule has 1 aromatic carbocycles. The third-order valence-corrected chi connectivity index (χ3v) is 5.17. The third-order valence-electron chi connectivity index (χ3n) is 3.79. The van der Waals surface area contributed by atoms with Gasteiger partial charge in [-0.3, -0.25) is 24.8 Å². The van der Waals surface area contributed by atoms with Gasteiger partial charge < -0.3 is 0 Å². The number of para-hydroxylation sites is 1. The van der Waals surface area contributed by atoms with Crippen molar-refractivity contribution in [2.24, 2.45) is 5.92 Å². The number of hydrogen-bond acceptors (Lipinski definition) is 6. The Balaban J connectivity index is 2.63. The Hall–Kier alpha value is -2.59. The molecule has 128 valence electrons. The first-order chi connectivity index (χ1) is 11.1. The molecule has 0 aromatic heterocycles. The van der Waals surface area contributed by atoms with Crippen LogP contribution in [0.2, 0.25) is 0 Å². The summed E-state index contributed by atoms with van der Waals surface area (Å²) in [5.74, 6) is -0.0695. The van der Waals surface area contributed by atoms with Gasteiger partial charge in [0.25, 0.3) is 10.1 Å². The molecule has 0 aliphatic heterocycles. The SMILES string of the molecule is CC1C=CC(Cc2cccc([N+](=O)[O-])c2[N+](=O)[O-])(S(=O)(=O)O)C=C1. The van der Waals surface area contributed by atoms with E-state index in [0.29, 0.717) is 0 Å². The van der Waals surface area contributed by atoms with Crippen LogP contribution in [0.25, 0.3) is 0 Å². The van der Waals surface area contributed by atoms with Crippen molar-refractivity contribution in [1.29, 1.82) is 0 Å². The molecule has 0 bridgehead atoms. The summed E-state index contributed by atoms with van der Waals surface area (Å²) in [6.45, 7) is 1.79. The molecule has 0 saturated carbocycles. The minimum atomic E-state index is -4.65. The second kappa shape index (κ2) is 6.13. The maximum Gasteiger partial charge on any atom is 0.349 e. The first-order valence-corrected chi connectivity index (χ1v) is 8.28. The summed E-state index contributed by atoms with van der Waals surface area (Å²) >= 11 is 0. The fourth-order valence-electron chi connectivity index (χ4n) is 2.51. The van der Waals surface area contributed by atoms with E-state index < -0.39 is 42.5 Å². The van der Waals surface area contributed by atoms with E-state index in [2.05, 4.69) is 0 Å². The normalized spacial score (nSPS) is 23.2. The van der Waals surface area contributed by atoms with Crippen LogP contribution in [0.3, 0.4) is 0 Å². The number of nitro groups is 2. The zero-order valence-electron chi connectivity index (χ0n) is 12.5. The monoisotopic (exact) mass is 354 g/mol. The second-order valence-corrected chi connectivity index (χ2v) is 7.19. The summed E-state index contributed by atoms with van der Waals surface area (Å²) in [5.41, 5.74) is -1.68. The summed E-state index contributed by atoms with van der Waals surface area (Å²) in [4.78, 5) is 20.4. The Kier molecular flexibility index (Phi) is 4.54. The van der Waals surface area contributed by atoms with Crippen molar-refractivity contribution in [2.45, 2.75) is 18.1 Å². The van der Waals surface area contributed by atoms with Crippen LogP contribution < -0.4 is 0 Å². The van der Waals surface area contributed by atoms with Crippen LogP contribution >= 0.6 is 0 Å². The van der Waals surface area contributed by atoms with Crippen molar-refractivity contribution >= 4 is 21.5 Å². The van der Waals surface area contributed by atoms with Crippen molar-refractivity contribution in [3.63, 3.8) is 0 Å². The Morgan fingerprint density at radius 2 is 1.75 bits per heavy atom. The van der Waals surface area contributed by atoms with Gasteiger partial charge >= 0.3 is 11.4 Å². The summed E-state index contributed by atoms with van der Waals surface area (Å²) in [6, 6.07) is 3.44. The molecule has 1 N–H and O–H groups in total. The molecule has 0 atom stereocenters. The number of nitrogens with zero attached hydrogens (tertiary/aromatic N) is 2. The molecule has 0 fully saturated rings. The highest BCUT2D eigenvalue weighted by Gasteiger charge is 2.42. The maximum atomic E-state index is 11.9. The molecule has 0 radical (unpaired) electrons. The molecule has 9 nitrogen and oxygen atoms in total. The van der Waals surface area contributed by atoms with E-state index >= 15 is 0 Å². The fraction of sp³-hybridized carbons (Fsp3) is 0.286. The summed E-state index contributed by atoms with van der Waals surface area (Å²) in [6.07, 6.45) is 5.07. The Morgan fingerprint density at radius 1 is 1.17 bits per heavy atom. The van der Waals surface area contributed by atoms with Gasteiger partial charge in [0.05, 0.1) is 9.85 Å². The van der Waals surface area contributed by atoms with Crippen LogP contribution in [0.4, 0.5) is 11.4 Å². The van der Waals surface area contributed by atoms with Crippen molar-refractivity contribution in [1.82, 2.24) is 0 Å². The topological polar surface area (TPSA) is 141 Å². The van der Waals surface area contributed by atoms with Gasteiger partial charge in [0.2, 0.25) is 0 Å². The quantitative estimate of drug-likeness (QED) is 0.370. The zero-order chi connectivity index (χ0) is 18.1. The van der Waals surface area contributed by atoms with E-state index in [0.717, 1.165) is 6.07 Å². The van der Waals surface area contributed by atoms with Crippen LogP contribution in [0.5, 0.6) is 0 Å².